The lowest BCUT2D eigenvalue weighted by molar-refractivity contribution is 0.198. The van der Waals surface area contributed by atoms with Gasteiger partial charge in [-0.2, -0.15) is 0 Å². The van der Waals surface area contributed by atoms with Crippen LogP contribution in [-0.4, -0.2) is 20.3 Å². The van der Waals surface area contributed by atoms with Gasteiger partial charge in [0.05, 0.1) is 11.6 Å². The first-order valence-electron chi connectivity index (χ1n) is 4.68. The first-order chi connectivity index (χ1) is 6.66. The van der Waals surface area contributed by atoms with Crippen LogP contribution in [0.15, 0.2) is 23.2 Å². The number of rotatable bonds is 1. The van der Waals surface area contributed by atoms with Gasteiger partial charge < -0.3 is 9.64 Å². The van der Waals surface area contributed by atoms with E-state index in [0.717, 1.165) is 16.3 Å². The molecule has 1 aromatic carbocycles. The molecule has 0 saturated carbocycles. The smallest absolute Gasteiger partial charge is 0.186 e. The van der Waals surface area contributed by atoms with Gasteiger partial charge in [-0.05, 0) is 25.1 Å². The molecule has 0 amide bonds. The van der Waals surface area contributed by atoms with Crippen LogP contribution in [0.1, 0.15) is 6.92 Å². The maximum absolute atomic E-state index is 5.30. The first-order valence-corrected chi connectivity index (χ1v) is 4.68. The molecule has 0 radical (unpaired) electrons. The van der Waals surface area contributed by atoms with Crippen molar-refractivity contribution in [1.29, 1.82) is 0 Å². The molecule has 0 fully saturated rings. The Balaban J connectivity index is 2.59. The van der Waals surface area contributed by atoms with E-state index >= 15 is 0 Å². The summed E-state index contributed by atoms with van der Waals surface area (Å²) in [6, 6.07) is 6.16. The van der Waals surface area contributed by atoms with Crippen LogP contribution in [0, 0.1) is 0 Å². The van der Waals surface area contributed by atoms with Gasteiger partial charge in [0.15, 0.2) is 6.23 Å². The van der Waals surface area contributed by atoms with Crippen LogP contribution in [0.2, 0.25) is 0 Å². The molecule has 0 N–H and O–H groups in total. The van der Waals surface area contributed by atoms with Crippen molar-refractivity contribution in [2.45, 2.75) is 13.2 Å². The molecule has 0 aromatic heterocycles. The van der Waals surface area contributed by atoms with E-state index in [0.29, 0.717) is 0 Å². The summed E-state index contributed by atoms with van der Waals surface area (Å²) in [6.07, 6.45) is 1.70. The molecule has 0 saturated heterocycles. The Kier molecular flexibility index (Phi) is 2.15. The van der Waals surface area contributed by atoms with Crippen molar-refractivity contribution >= 4 is 11.9 Å². The molecule has 2 rings (SSSR count). The molecule has 0 aliphatic carbocycles. The van der Waals surface area contributed by atoms with E-state index in [1.807, 2.05) is 27.1 Å². The Bertz CT molecular complexity index is 451. The maximum Gasteiger partial charge on any atom is 0.186 e. The van der Waals surface area contributed by atoms with Crippen LogP contribution in [0.5, 0.6) is 0 Å². The summed E-state index contributed by atoms with van der Waals surface area (Å²) in [5.41, 5.74) is 1.16. The van der Waals surface area contributed by atoms with Gasteiger partial charge in [-0.3, -0.25) is 0 Å². The van der Waals surface area contributed by atoms with Crippen molar-refractivity contribution in [3.8, 4) is 0 Å². The number of benzene rings is 1. The highest BCUT2D eigenvalue weighted by molar-refractivity contribution is 5.45. The van der Waals surface area contributed by atoms with Crippen molar-refractivity contribution in [2.24, 2.45) is 4.99 Å². The molecule has 1 unspecified atom stereocenters. The lowest BCUT2D eigenvalue weighted by atomic mass is 10.2. The van der Waals surface area contributed by atoms with Crippen molar-refractivity contribution in [2.75, 3.05) is 19.0 Å². The van der Waals surface area contributed by atoms with E-state index in [1.54, 1.807) is 6.26 Å². The molecule has 74 valence electrons. The van der Waals surface area contributed by atoms with Crippen molar-refractivity contribution in [3.05, 3.63) is 28.8 Å². The Labute approximate surface area is 83.3 Å². The van der Waals surface area contributed by atoms with Gasteiger partial charge in [0, 0.05) is 25.0 Å². The average molecular weight is 190 g/mol. The van der Waals surface area contributed by atoms with Gasteiger partial charge >= 0.3 is 0 Å². The third kappa shape index (κ3) is 1.58. The van der Waals surface area contributed by atoms with Crippen LogP contribution in [0.25, 0.3) is 6.26 Å². The molecule has 0 bridgehead atoms. The zero-order valence-corrected chi connectivity index (χ0v) is 8.69. The minimum atomic E-state index is -0.0695. The predicted octanol–water partition coefficient (Wildman–Crippen LogP) is 0.486. The Morgan fingerprint density at radius 2 is 2.14 bits per heavy atom. The average Bonchev–Trinajstić information content (AvgIpc) is 2.16. The van der Waals surface area contributed by atoms with Crippen LogP contribution in [0.3, 0.4) is 0 Å². The summed E-state index contributed by atoms with van der Waals surface area (Å²) in [7, 11) is 4.04. The quantitative estimate of drug-likeness (QED) is 0.643. The van der Waals surface area contributed by atoms with Gasteiger partial charge in [0.2, 0.25) is 0 Å². The second kappa shape index (κ2) is 3.33. The van der Waals surface area contributed by atoms with Crippen molar-refractivity contribution < 1.29 is 4.74 Å². The molecular formula is C11H14N2O. The van der Waals surface area contributed by atoms with Crippen LogP contribution >= 0.6 is 0 Å². The molecule has 1 atom stereocenters. The molecule has 1 aliphatic heterocycles. The molecule has 1 aromatic rings. The van der Waals surface area contributed by atoms with E-state index in [2.05, 4.69) is 22.0 Å². The fraction of sp³-hybridized carbons (Fsp3) is 0.364. The summed E-state index contributed by atoms with van der Waals surface area (Å²) in [6.45, 7) is 1.93. The number of fused-ring (bicyclic) bond motifs is 1. The summed E-state index contributed by atoms with van der Waals surface area (Å²) in [5, 5.41) is 2.06. The summed E-state index contributed by atoms with van der Waals surface area (Å²) >= 11 is 0. The third-order valence-electron chi connectivity index (χ3n) is 2.24. The van der Waals surface area contributed by atoms with E-state index in [1.165, 1.54) is 0 Å². The number of hydrogen-bond donors (Lipinski definition) is 0. The monoisotopic (exact) mass is 190 g/mol. The highest BCUT2D eigenvalue weighted by atomic mass is 16.5. The number of ether oxygens (including phenoxy) is 1. The molecule has 3 nitrogen and oxygen atoms in total. The standard InChI is InChI=1S/C11H14N2O/c1-8-12-11-6-10(13(2)3)5-4-9(11)7-14-8/h4-8H,1-3H3. The van der Waals surface area contributed by atoms with Gasteiger partial charge in [0.1, 0.15) is 0 Å². The highest BCUT2D eigenvalue weighted by Crippen LogP contribution is 2.05. The molecular weight excluding hydrogens is 176 g/mol. The summed E-state index contributed by atoms with van der Waals surface area (Å²) in [4.78, 5) is 6.47. The molecule has 3 heteroatoms. The molecule has 1 heterocycles. The van der Waals surface area contributed by atoms with Gasteiger partial charge in [-0.15, -0.1) is 0 Å². The van der Waals surface area contributed by atoms with Crippen LogP contribution < -0.4 is 15.5 Å². The second-order valence-corrected chi connectivity index (χ2v) is 3.62. The second-order valence-electron chi connectivity index (χ2n) is 3.62. The largest absolute Gasteiger partial charge is 0.476 e. The SMILES string of the molecule is CC1N=c2cc(N(C)C)ccc2=CO1. The first kappa shape index (κ1) is 9.06. The predicted molar refractivity (Wildman–Crippen MR) is 56.6 cm³/mol. The Morgan fingerprint density at radius 3 is 2.86 bits per heavy atom. The van der Waals surface area contributed by atoms with E-state index in [4.69, 9.17) is 4.74 Å². The Hall–Kier alpha value is -1.51. The fourth-order valence-electron chi connectivity index (χ4n) is 1.42. The van der Waals surface area contributed by atoms with E-state index in [-0.39, 0.29) is 6.23 Å². The number of hydrogen-bond acceptors (Lipinski definition) is 3. The lowest BCUT2D eigenvalue weighted by Gasteiger charge is -2.14. The lowest BCUT2D eigenvalue weighted by Crippen LogP contribution is -2.32. The maximum atomic E-state index is 5.30. The highest BCUT2D eigenvalue weighted by Gasteiger charge is 2.03. The minimum Gasteiger partial charge on any atom is -0.476 e. The van der Waals surface area contributed by atoms with Crippen LogP contribution in [-0.2, 0) is 4.74 Å². The molecule has 0 spiro atoms. The zero-order chi connectivity index (χ0) is 10.1. The van der Waals surface area contributed by atoms with Gasteiger partial charge in [-0.25, -0.2) is 4.99 Å². The normalized spacial score (nSPS) is 18.6. The zero-order valence-electron chi connectivity index (χ0n) is 8.69. The van der Waals surface area contributed by atoms with Gasteiger partial charge in [0.25, 0.3) is 0 Å². The third-order valence-corrected chi connectivity index (χ3v) is 2.24. The molecule has 1 aliphatic rings. The minimum absolute atomic E-state index is 0.0695. The summed E-state index contributed by atoms with van der Waals surface area (Å²) < 4.78 is 5.30. The fourth-order valence-corrected chi connectivity index (χ4v) is 1.42. The number of anilines is 1. The summed E-state index contributed by atoms with van der Waals surface area (Å²) in [5.74, 6) is 0. The Morgan fingerprint density at radius 1 is 1.36 bits per heavy atom. The van der Waals surface area contributed by atoms with Crippen LogP contribution in [0.4, 0.5) is 5.69 Å². The van der Waals surface area contributed by atoms with Crippen molar-refractivity contribution in [1.82, 2.24) is 0 Å². The molecule has 14 heavy (non-hydrogen) atoms. The van der Waals surface area contributed by atoms with Crippen molar-refractivity contribution in [3.63, 3.8) is 0 Å². The topological polar surface area (TPSA) is 24.8 Å². The van der Waals surface area contributed by atoms with E-state index < -0.39 is 0 Å². The van der Waals surface area contributed by atoms with Gasteiger partial charge in [-0.1, -0.05) is 0 Å². The van der Waals surface area contributed by atoms with E-state index in [9.17, 15) is 0 Å². The number of nitrogens with zero attached hydrogens (tertiary/aromatic N) is 2.